The van der Waals surface area contributed by atoms with Crippen LogP contribution in [0.5, 0.6) is 0 Å². The third-order valence-corrected chi connectivity index (χ3v) is 4.70. The normalized spacial score (nSPS) is 31.2. The molecule has 4 heterocycles. The lowest BCUT2D eigenvalue weighted by Crippen LogP contribution is -2.44. The molecule has 4 rings (SSSR count). The van der Waals surface area contributed by atoms with E-state index in [0.29, 0.717) is 17.5 Å². The van der Waals surface area contributed by atoms with Gasteiger partial charge in [0.05, 0.1) is 0 Å². The molecule has 2 fully saturated rings. The van der Waals surface area contributed by atoms with E-state index in [4.69, 9.17) is 11.6 Å². The number of halogens is 1. The number of nitrogens with zero attached hydrogens (tertiary/aromatic N) is 3. The maximum atomic E-state index is 6.35. The molecule has 2 unspecified atom stereocenters. The molecule has 2 aromatic heterocycles. The van der Waals surface area contributed by atoms with Crippen LogP contribution in [0.2, 0.25) is 0 Å². The van der Waals surface area contributed by atoms with Crippen LogP contribution in [0.1, 0.15) is 25.7 Å². The smallest absolute Gasteiger partial charge is 0.138 e. The van der Waals surface area contributed by atoms with Gasteiger partial charge in [0.2, 0.25) is 0 Å². The van der Waals surface area contributed by atoms with Gasteiger partial charge >= 0.3 is 0 Å². The van der Waals surface area contributed by atoms with Crippen molar-refractivity contribution in [1.29, 1.82) is 0 Å². The first-order chi connectivity index (χ1) is 8.83. The van der Waals surface area contributed by atoms with E-state index in [2.05, 4.69) is 38.7 Å². The number of fused-ring (bicyclic) bond motifs is 3. The Hall–Kier alpha value is -1.22. The molecule has 0 radical (unpaired) electrons. The molecular weight excluding hydrogens is 246 g/mol. The van der Waals surface area contributed by atoms with Gasteiger partial charge < -0.3 is 4.90 Å². The van der Waals surface area contributed by atoms with Crippen molar-refractivity contribution in [1.82, 2.24) is 9.38 Å². The third-order valence-electron chi connectivity index (χ3n) is 4.35. The molecule has 2 aromatic rings. The standard InChI is InChI=1S/C14H16ClN3/c15-10-8-11-4-5-12(9-10)18(11)14-3-1-2-13-16-6-7-17(13)14/h1-3,6-7,10-12H,4-5,8-9H2. The summed E-state index contributed by atoms with van der Waals surface area (Å²) in [6, 6.07) is 7.58. The van der Waals surface area contributed by atoms with E-state index in [0.717, 1.165) is 18.5 Å². The van der Waals surface area contributed by atoms with E-state index in [9.17, 15) is 0 Å². The van der Waals surface area contributed by atoms with Gasteiger partial charge in [-0.25, -0.2) is 4.98 Å². The largest absolute Gasteiger partial charge is 0.352 e. The fourth-order valence-electron chi connectivity index (χ4n) is 3.63. The van der Waals surface area contributed by atoms with E-state index >= 15 is 0 Å². The molecule has 2 saturated heterocycles. The fraction of sp³-hybridized carbons (Fsp3) is 0.500. The van der Waals surface area contributed by atoms with Gasteiger partial charge in [0, 0.05) is 29.9 Å². The number of imidazole rings is 1. The molecule has 0 aromatic carbocycles. The molecule has 0 aliphatic carbocycles. The quantitative estimate of drug-likeness (QED) is 0.736. The third kappa shape index (κ3) is 1.46. The Morgan fingerprint density at radius 2 is 1.94 bits per heavy atom. The van der Waals surface area contributed by atoms with Gasteiger partial charge in [0.15, 0.2) is 0 Å². The summed E-state index contributed by atoms with van der Waals surface area (Å²) >= 11 is 6.35. The Kier molecular flexibility index (Phi) is 2.31. The van der Waals surface area contributed by atoms with Crippen LogP contribution in [0.15, 0.2) is 30.6 Å². The van der Waals surface area contributed by atoms with Gasteiger partial charge in [-0.3, -0.25) is 4.40 Å². The Bertz CT molecular complexity index is 565. The molecule has 2 aliphatic rings. The van der Waals surface area contributed by atoms with E-state index in [1.54, 1.807) is 0 Å². The van der Waals surface area contributed by atoms with Crippen LogP contribution in [-0.2, 0) is 0 Å². The fourth-order valence-corrected chi connectivity index (χ4v) is 4.04. The zero-order chi connectivity index (χ0) is 12.1. The van der Waals surface area contributed by atoms with Crippen LogP contribution in [0.3, 0.4) is 0 Å². The highest BCUT2D eigenvalue weighted by Gasteiger charge is 2.40. The summed E-state index contributed by atoms with van der Waals surface area (Å²) in [6.07, 6.45) is 8.70. The topological polar surface area (TPSA) is 20.5 Å². The van der Waals surface area contributed by atoms with Gasteiger partial charge in [0.25, 0.3) is 0 Å². The Morgan fingerprint density at radius 3 is 2.72 bits per heavy atom. The van der Waals surface area contributed by atoms with Gasteiger partial charge in [0.1, 0.15) is 11.5 Å². The highest BCUT2D eigenvalue weighted by Crippen LogP contribution is 2.40. The van der Waals surface area contributed by atoms with E-state index in [-0.39, 0.29) is 0 Å². The van der Waals surface area contributed by atoms with Gasteiger partial charge in [-0.1, -0.05) is 6.07 Å². The Labute approximate surface area is 111 Å². The summed E-state index contributed by atoms with van der Waals surface area (Å²) in [5.41, 5.74) is 1.03. The van der Waals surface area contributed by atoms with E-state index < -0.39 is 0 Å². The Morgan fingerprint density at radius 1 is 1.17 bits per heavy atom. The molecule has 0 spiro atoms. The maximum Gasteiger partial charge on any atom is 0.138 e. The lowest BCUT2D eigenvalue weighted by Gasteiger charge is -2.38. The monoisotopic (exact) mass is 261 g/mol. The number of piperidine rings is 1. The number of hydrogen-bond donors (Lipinski definition) is 0. The summed E-state index contributed by atoms with van der Waals surface area (Å²) in [4.78, 5) is 6.95. The van der Waals surface area contributed by atoms with Crippen LogP contribution in [0.4, 0.5) is 5.82 Å². The molecule has 4 heteroatoms. The highest BCUT2D eigenvalue weighted by molar-refractivity contribution is 6.20. The molecule has 0 N–H and O–H groups in total. The summed E-state index contributed by atoms with van der Waals surface area (Å²) in [6.45, 7) is 0. The molecule has 0 amide bonds. The van der Waals surface area contributed by atoms with Crippen molar-refractivity contribution in [2.45, 2.75) is 43.1 Å². The molecule has 2 atom stereocenters. The minimum absolute atomic E-state index is 0.362. The first kappa shape index (κ1) is 10.7. The van der Waals surface area contributed by atoms with Crippen molar-refractivity contribution in [3.63, 3.8) is 0 Å². The summed E-state index contributed by atoms with van der Waals surface area (Å²) in [7, 11) is 0. The second-order valence-electron chi connectivity index (χ2n) is 5.40. The number of rotatable bonds is 1. The van der Waals surface area contributed by atoms with E-state index in [1.165, 1.54) is 18.7 Å². The SMILES string of the molecule is ClC1CC2CCC(C1)N2c1cccc2nccn12. The number of pyridine rings is 1. The number of hydrogen-bond acceptors (Lipinski definition) is 2. The van der Waals surface area contributed by atoms with Gasteiger partial charge in [-0.05, 0) is 37.8 Å². The van der Waals surface area contributed by atoms with Crippen molar-refractivity contribution >= 4 is 23.1 Å². The van der Waals surface area contributed by atoms with Gasteiger partial charge in [-0.15, -0.1) is 11.6 Å². The summed E-state index contributed by atoms with van der Waals surface area (Å²) in [5.74, 6) is 1.28. The first-order valence-electron chi connectivity index (χ1n) is 6.67. The lowest BCUT2D eigenvalue weighted by atomic mass is 10.0. The summed E-state index contributed by atoms with van der Waals surface area (Å²) < 4.78 is 2.19. The van der Waals surface area contributed by atoms with Crippen molar-refractivity contribution in [3.05, 3.63) is 30.6 Å². The molecule has 2 aliphatic heterocycles. The zero-order valence-corrected chi connectivity index (χ0v) is 10.9. The molecule has 94 valence electrons. The zero-order valence-electron chi connectivity index (χ0n) is 10.2. The van der Waals surface area contributed by atoms with Crippen LogP contribution in [0.25, 0.3) is 5.65 Å². The second kappa shape index (κ2) is 3.89. The Balaban J connectivity index is 1.81. The molecule has 0 saturated carbocycles. The van der Waals surface area contributed by atoms with Crippen LogP contribution in [-0.4, -0.2) is 26.8 Å². The second-order valence-corrected chi connectivity index (χ2v) is 6.02. The summed E-state index contributed by atoms with van der Waals surface area (Å²) in [5, 5.41) is 0.362. The lowest BCUT2D eigenvalue weighted by molar-refractivity contribution is 0.469. The minimum Gasteiger partial charge on any atom is -0.352 e. The average Bonchev–Trinajstić information content (AvgIpc) is 2.92. The van der Waals surface area contributed by atoms with Crippen molar-refractivity contribution in [3.8, 4) is 0 Å². The minimum atomic E-state index is 0.362. The van der Waals surface area contributed by atoms with Gasteiger partial charge in [-0.2, -0.15) is 0 Å². The molecule has 3 nitrogen and oxygen atoms in total. The molecule has 18 heavy (non-hydrogen) atoms. The predicted molar refractivity (Wildman–Crippen MR) is 73.4 cm³/mol. The van der Waals surface area contributed by atoms with Crippen molar-refractivity contribution < 1.29 is 0 Å². The number of alkyl halides is 1. The van der Waals surface area contributed by atoms with Crippen LogP contribution >= 0.6 is 11.6 Å². The average molecular weight is 262 g/mol. The number of anilines is 1. The first-order valence-corrected chi connectivity index (χ1v) is 7.11. The predicted octanol–water partition coefficient (Wildman–Crippen LogP) is 3.07. The van der Waals surface area contributed by atoms with Crippen LogP contribution in [0, 0.1) is 0 Å². The van der Waals surface area contributed by atoms with Crippen LogP contribution < -0.4 is 4.90 Å². The maximum absolute atomic E-state index is 6.35. The molecule has 2 bridgehead atoms. The van der Waals surface area contributed by atoms with E-state index in [1.807, 2.05) is 6.20 Å². The highest BCUT2D eigenvalue weighted by atomic mass is 35.5. The number of aromatic nitrogens is 2. The molecular formula is C14H16ClN3. The van der Waals surface area contributed by atoms with Crippen molar-refractivity contribution in [2.24, 2.45) is 0 Å². The van der Waals surface area contributed by atoms with Crippen molar-refractivity contribution in [2.75, 3.05) is 4.90 Å².